The first-order valence-corrected chi connectivity index (χ1v) is 6.97. The van der Waals surface area contributed by atoms with Gasteiger partial charge in [-0.15, -0.1) is 0 Å². The van der Waals surface area contributed by atoms with Gasteiger partial charge in [0.15, 0.2) is 0 Å². The zero-order valence-electron chi connectivity index (χ0n) is 12.7. The Morgan fingerprint density at radius 2 is 1.87 bits per heavy atom. The largest absolute Gasteiger partial charge is 0.489 e. The topological polar surface area (TPSA) is 64.6 Å². The number of hydrogen-bond acceptors (Lipinski definition) is 4. The number of hydrogen-bond donors (Lipinski definition) is 1. The van der Waals surface area contributed by atoms with Crippen LogP contribution in [0.1, 0.15) is 20.7 Å². The quantitative estimate of drug-likeness (QED) is 0.657. The van der Waals surface area contributed by atoms with Crippen molar-refractivity contribution in [2.24, 2.45) is 0 Å². The van der Waals surface area contributed by atoms with Gasteiger partial charge in [0.2, 0.25) is 0 Å². The molecular weight excluding hydrogens is 294 g/mol. The number of amides is 1. The van der Waals surface area contributed by atoms with Crippen LogP contribution >= 0.6 is 0 Å². The Kier molecular flexibility index (Phi) is 5.52. The Labute approximate surface area is 134 Å². The minimum Gasteiger partial charge on any atom is -0.489 e. The maximum atomic E-state index is 12.3. The Bertz CT molecular complexity index is 724. The van der Waals surface area contributed by atoms with Crippen LogP contribution in [0.25, 0.3) is 0 Å². The summed E-state index contributed by atoms with van der Waals surface area (Å²) in [5, 5.41) is 2.76. The first-order chi connectivity index (χ1) is 11.1. The molecule has 0 unspecified atom stereocenters. The van der Waals surface area contributed by atoms with Crippen LogP contribution in [0.5, 0.6) is 5.75 Å². The molecule has 0 aliphatic carbocycles. The van der Waals surface area contributed by atoms with Gasteiger partial charge in [0.05, 0.1) is 12.7 Å². The van der Waals surface area contributed by atoms with Crippen LogP contribution in [-0.2, 0) is 4.74 Å². The summed E-state index contributed by atoms with van der Waals surface area (Å²) in [5.74, 6) is -0.179. The SMILES string of the molecule is C=CCOc1cccc(NC(=O)c2cccc(C(=O)OC)c2)c1. The van der Waals surface area contributed by atoms with Gasteiger partial charge in [0, 0.05) is 17.3 Å². The lowest BCUT2D eigenvalue weighted by molar-refractivity contribution is 0.0600. The highest BCUT2D eigenvalue weighted by molar-refractivity contribution is 6.05. The second kappa shape index (κ2) is 7.79. The van der Waals surface area contributed by atoms with E-state index in [1.54, 1.807) is 48.5 Å². The summed E-state index contributed by atoms with van der Waals surface area (Å²) in [7, 11) is 1.30. The van der Waals surface area contributed by atoms with Gasteiger partial charge in [0.1, 0.15) is 12.4 Å². The summed E-state index contributed by atoms with van der Waals surface area (Å²) >= 11 is 0. The number of anilines is 1. The van der Waals surface area contributed by atoms with Gasteiger partial charge in [0.25, 0.3) is 5.91 Å². The third-order valence-electron chi connectivity index (χ3n) is 3.01. The highest BCUT2D eigenvalue weighted by atomic mass is 16.5. The first kappa shape index (κ1) is 16.3. The van der Waals surface area contributed by atoms with E-state index in [-0.39, 0.29) is 5.91 Å². The van der Waals surface area contributed by atoms with Crippen molar-refractivity contribution in [2.45, 2.75) is 0 Å². The summed E-state index contributed by atoms with van der Waals surface area (Å²) in [6, 6.07) is 13.4. The van der Waals surface area contributed by atoms with Crippen molar-refractivity contribution in [2.75, 3.05) is 19.0 Å². The molecule has 5 nitrogen and oxygen atoms in total. The minimum atomic E-state index is -0.487. The van der Waals surface area contributed by atoms with E-state index >= 15 is 0 Å². The van der Waals surface area contributed by atoms with Crippen LogP contribution in [-0.4, -0.2) is 25.6 Å². The molecule has 23 heavy (non-hydrogen) atoms. The maximum Gasteiger partial charge on any atom is 0.337 e. The molecule has 5 heteroatoms. The Morgan fingerprint density at radius 3 is 2.61 bits per heavy atom. The molecule has 0 aliphatic rings. The van der Waals surface area contributed by atoms with Crippen molar-refractivity contribution >= 4 is 17.6 Å². The second-order valence-corrected chi connectivity index (χ2v) is 4.65. The van der Waals surface area contributed by atoms with Crippen LogP contribution in [0.15, 0.2) is 61.2 Å². The number of esters is 1. The molecule has 2 aromatic rings. The molecule has 0 aromatic heterocycles. The Morgan fingerprint density at radius 1 is 1.13 bits per heavy atom. The highest BCUT2D eigenvalue weighted by Crippen LogP contribution is 2.18. The van der Waals surface area contributed by atoms with E-state index in [1.807, 2.05) is 0 Å². The average Bonchev–Trinajstić information content (AvgIpc) is 2.59. The number of carbonyl (C=O) groups is 2. The summed E-state index contributed by atoms with van der Waals surface area (Å²) < 4.78 is 10.1. The normalized spacial score (nSPS) is 9.78. The molecule has 1 amide bonds. The number of benzene rings is 2. The lowest BCUT2D eigenvalue weighted by Crippen LogP contribution is -2.13. The molecule has 2 rings (SSSR count). The number of methoxy groups -OCH3 is 1. The van der Waals surface area contributed by atoms with E-state index in [0.29, 0.717) is 29.2 Å². The van der Waals surface area contributed by atoms with Crippen molar-refractivity contribution in [1.29, 1.82) is 0 Å². The molecule has 0 spiro atoms. The van der Waals surface area contributed by atoms with Gasteiger partial charge in [-0.25, -0.2) is 4.79 Å². The molecular formula is C18H17NO4. The van der Waals surface area contributed by atoms with E-state index < -0.39 is 5.97 Å². The highest BCUT2D eigenvalue weighted by Gasteiger charge is 2.11. The van der Waals surface area contributed by atoms with Gasteiger partial charge >= 0.3 is 5.97 Å². The lowest BCUT2D eigenvalue weighted by atomic mass is 10.1. The average molecular weight is 311 g/mol. The Balaban J connectivity index is 2.12. The van der Waals surface area contributed by atoms with Crippen LogP contribution < -0.4 is 10.1 Å². The van der Waals surface area contributed by atoms with Crippen molar-refractivity contribution < 1.29 is 19.1 Å². The van der Waals surface area contributed by atoms with Gasteiger partial charge in [-0.2, -0.15) is 0 Å². The first-order valence-electron chi connectivity index (χ1n) is 6.97. The number of ether oxygens (including phenoxy) is 2. The predicted octanol–water partition coefficient (Wildman–Crippen LogP) is 3.29. The zero-order chi connectivity index (χ0) is 16.7. The second-order valence-electron chi connectivity index (χ2n) is 4.65. The van der Waals surface area contributed by atoms with Crippen LogP contribution in [0, 0.1) is 0 Å². The predicted molar refractivity (Wildman–Crippen MR) is 87.9 cm³/mol. The molecule has 1 N–H and O–H groups in total. The molecule has 0 bridgehead atoms. The summed E-state index contributed by atoms with van der Waals surface area (Å²) in [5.41, 5.74) is 1.29. The lowest BCUT2D eigenvalue weighted by Gasteiger charge is -2.08. The molecule has 0 aliphatic heterocycles. The van der Waals surface area contributed by atoms with E-state index in [9.17, 15) is 9.59 Å². The van der Waals surface area contributed by atoms with Crippen molar-refractivity contribution in [3.63, 3.8) is 0 Å². The fourth-order valence-corrected chi connectivity index (χ4v) is 1.93. The van der Waals surface area contributed by atoms with Gasteiger partial charge in [-0.05, 0) is 30.3 Å². The van der Waals surface area contributed by atoms with E-state index in [4.69, 9.17) is 4.74 Å². The fourth-order valence-electron chi connectivity index (χ4n) is 1.93. The molecule has 2 aromatic carbocycles. The summed E-state index contributed by atoms with van der Waals surface area (Å²) in [4.78, 5) is 23.8. The van der Waals surface area contributed by atoms with E-state index in [1.165, 1.54) is 13.2 Å². The molecule has 0 saturated carbocycles. The Hall–Kier alpha value is -3.08. The molecule has 118 valence electrons. The van der Waals surface area contributed by atoms with Gasteiger partial charge in [-0.3, -0.25) is 4.79 Å². The van der Waals surface area contributed by atoms with Crippen LogP contribution in [0.2, 0.25) is 0 Å². The monoisotopic (exact) mass is 311 g/mol. The molecule has 0 atom stereocenters. The van der Waals surface area contributed by atoms with Crippen LogP contribution in [0.4, 0.5) is 5.69 Å². The van der Waals surface area contributed by atoms with Crippen molar-refractivity contribution in [1.82, 2.24) is 0 Å². The van der Waals surface area contributed by atoms with Gasteiger partial charge in [-0.1, -0.05) is 24.8 Å². The van der Waals surface area contributed by atoms with Crippen molar-refractivity contribution in [3.05, 3.63) is 72.3 Å². The maximum absolute atomic E-state index is 12.3. The van der Waals surface area contributed by atoms with Gasteiger partial charge < -0.3 is 14.8 Å². The smallest absolute Gasteiger partial charge is 0.337 e. The molecule has 0 radical (unpaired) electrons. The third-order valence-corrected chi connectivity index (χ3v) is 3.01. The van der Waals surface area contributed by atoms with E-state index in [0.717, 1.165) is 0 Å². The number of rotatable bonds is 6. The summed E-state index contributed by atoms with van der Waals surface area (Å²) in [6.45, 7) is 3.97. The minimum absolute atomic E-state index is 0.322. The van der Waals surface area contributed by atoms with Crippen molar-refractivity contribution in [3.8, 4) is 5.75 Å². The van der Waals surface area contributed by atoms with E-state index in [2.05, 4.69) is 16.6 Å². The number of nitrogens with one attached hydrogen (secondary N) is 1. The van der Waals surface area contributed by atoms with Crippen LogP contribution in [0.3, 0.4) is 0 Å². The number of carbonyl (C=O) groups excluding carboxylic acids is 2. The zero-order valence-corrected chi connectivity index (χ0v) is 12.7. The molecule has 0 heterocycles. The molecule has 0 fully saturated rings. The molecule has 0 saturated heterocycles. The standard InChI is InChI=1S/C18H17NO4/c1-3-10-23-16-9-5-8-15(12-16)19-17(20)13-6-4-7-14(11-13)18(21)22-2/h3-9,11-12H,1,10H2,2H3,(H,19,20). The summed E-state index contributed by atoms with van der Waals surface area (Å²) in [6.07, 6.45) is 1.64. The fraction of sp³-hybridized carbons (Fsp3) is 0.111. The third kappa shape index (κ3) is 4.44.